The average molecular weight is 438 g/mol. The minimum Gasteiger partial charge on any atom is -0.299 e. The van der Waals surface area contributed by atoms with E-state index < -0.39 is 4.75 Å². The van der Waals surface area contributed by atoms with Gasteiger partial charge in [-0.1, -0.05) is 23.5 Å². The van der Waals surface area contributed by atoms with Crippen LogP contribution in [0.5, 0.6) is 0 Å². The average Bonchev–Trinajstić information content (AvgIpc) is 3.39. The van der Waals surface area contributed by atoms with Crippen molar-refractivity contribution in [1.29, 1.82) is 5.26 Å². The number of fused-ring (bicyclic) bond motifs is 1. The molecule has 9 heteroatoms. The molecule has 2 aromatic carbocycles. The Balaban J connectivity index is 1.73. The van der Waals surface area contributed by atoms with Crippen molar-refractivity contribution < 1.29 is 4.79 Å². The number of hydrogen-bond donors (Lipinski definition) is 1. The highest BCUT2D eigenvalue weighted by Gasteiger charge is 2.31. The van der Waals surface area contributed by atoms with Gasteiger partial charge in [0.2, 0.25) is 11.0 Å². The molecule has 6 nitrogen and oxygen atoms in total. The van der Waals surface area contributed by atoms with Crippen LogP contribution in [0.15, 0.2) is 52.3 Å². The van der Waals surface area contributed by atoms with E-state index in [9.17, 15) is 4.79 Å². The van der Waals surface area contributed by atoms with Crippen LogP contribution in [0.25, 0.3) is 21.3 Å². The third kappa shape index (κ3) is 4.00. The van der Waals surface area contributed by atoms with Crippen molar-refractivity contribution in [3.05, 3.63) is 53.0 Å². The summed E-state index contributed by atoms with van der Waals surface area (Å²) >= 11 is 4.33. The van der Waals surface area contributed by atoms with Crippen molar-refractivity contribution in [3.63, 3.8) is 0 Å². The first kappa shape index (κ1) is 19.5. The fraction of sp³-hybridized carbons (Fsp3) is 0.150. The molecule has 4 aromatic rings. The summed E-state index contributed by atoms with van der Waals surface area (Å²) in [5, 5.41) is 20.0. The van der Waals surface area contributed by atoms with E-state index in [0.29, 0.717) is 10.7 Å². The number of thioether (sulfide) groups is 1. The van der Waals surface area contributed by atoms with E-state index in [2.05, 4.69) is 26.6 Å². The fourth-order valence-electron chi connectivity index (χ4n) is 2.78. The Kier molecular flexibility index (Phi) is 5.32. The van der Waals surface area contributed by atoms with Crippen LogP contribution in [0.4, 0.5) is 5.13 Å². The molecule has 2 aromatic heterocycles. The minimum absolute atomic E-state index is 0.144. The first-order valence-corrected chi connectivity index (χ1v) is 11.2. The highest BCUT2D eigenvalue weighted by atomic mass is 32.2. The van der Waals surface area contributed by atoms with Crippen molar-refractivity contribution in [1.82, 2.24) is 15.2 Å². The lowest BCUT2D eigenvalue weighted by atomic mass is 10.0. The van der Waals surface area contributed by atoms with Crippen LogP contribution in [-0.4, -0.2) is 25.8 Å². The number of anilines is 1. The number of carbonyl (C=O) groups is 1. The molecule has 4 rings (SSSR count). The maximum absolute atomic E-state index is 12.8. The second-order valence-electron chi connectivity index (χ2n) is 6.64. The smallest absolute Gasteiger partial charge is 0.242 e. The van der Waals surface area contributed by atoms with Crippen LogP contribution in [0.1, 0.15) is 19.4 Å². The molecule has 0 spiro atoms. The van der Waals surface area contributed by atoms with Crippen LogP contribution < -0.4 is 5.32 Å². The predicted molar refractivity (Wildman–Crippen MR) is 118 cm³/mol. The molecule has 0 fully saturated rings. The molecule has 0 aliphatic rings. The molecule has 0 saturated carbocycles. The predicted octanol–water partition coefficient (Wildman–Crippen LogP) is 5.20. The van der Waals surface area contributed by atoms with Gasteiger partial charge in [-0.25, -0.2) is 4.98 Å². The number of aromatic nitrogens is 3. The largest absolute Gasteiger partial charge is 0.299 e. The Hall–Kier alpha value is -2.80. The van der Waals surface area contributed by atoms with E-state index in [1.807, 2.05) is 43.6 Å². The summed E-state index contributed by atoms with van der Waals surface area (Å²) in [6.45, 7) is 3.76. The molecule has 0 aliphatic carbocycles. The topological polar surface area (TPSA) is 91.6 Å². The van der Waals surface area contributed by atoms with Crippen LogP contribution in [-0.2, 0) is 4.79 Å². The van der Waals surface area contributed by atoms with Gasteiger partial charge in [0.15, 0.2) is 0 Å². The summed E-state index contributed by atoms with van der Waals surface area (Å²) in [6.07, 6.45) is 0. The molecular weight excluding hydrogens is 422 g/mol. The zero-order chi connectivity index (χ0) is 20.4. The zero-order valence-corrected chi connectivity index (χ0v) is 18.0. The Morgan fingerprint density at radius 1 is 1.14 bits per heavy atom. The molecule has 1 N–H and O–H groups in total. The van der Waals surface area contributed by atoms with Gasteiger partial charge in [0.25, 0.3) is 0 Å². The second-order valence-corrected chi connectivity index (χ2v) is 9.99. The summed E-state index contributed by atoms with van der Waals surface area (Å²) in [5.74, 6) is -0.144. The van der Waals surface area contributed by atoms with Crippen molar-refractivity contribution in [2.75, 3.05) is 5.32 Å². The molecule has 1 amide bonds. The van der Waals surface area contributed by atoms with Crippen molar-refractivity contribution in [3.8, 4) is 17.2 Å². The SMILES string of the molecule is CC(C)(Sc1ccc2ncsc2c1-c1ccc(C#N)cc1)C(=O)Nc1nncs1. The third-order valence-electron chi connectivity index (χ3n) is 4.26. The monoisotopic (exact) mass is 437 g/mol. The highest BCUT2D eigenvalue weighted by molar-refractivity contribution is 8.01. The highest BCUT2D eigenvalue weighted by Crippen LogP contribution is 2.44. The number of amides is 1. The summed E-state index contributed by atoms with van der Waals surface area (Å²) in [5.41, 5.74) is 6.93. The van der Waals surface area contributed by atoms with E-state index in [1.165, 1.54) is 23.1 Å². The molecule has 0 aliphatic heterocycles. The van der Waals surface area contributed by atoms with Crippen LogP contribution in [0, 0.1) is 11.3 Å². The summed E-state index contributed by atoms with van der Waals surface area (Å²) in [6, 6.07) is 13.6. The molecule has 0 atom stereocenters. The van der Waals surface area contributed by atoms with Crippen molar-refractivity contribution in [2.24, 2.45) is 0 Å². The number of nitrogens with one attached hydrogen (secondary N) is 1. The Morgan fingerprint density at radius 3 is 2.62 bits per heavy atom. The van der Waals surface area contributed by atoms with Gasteiger partial charge < -0.3 is 0 Å². The van der Waals surface area contributed by atoms with Gasteiger partial charge in [-0.3, -0.25) is 10.1 Å². The molecule has 29 heavy (non-hydrogen) atoms. The van der Waals surface area contributed by atoms with E-state index in [0.717, 1.165) is 26.2 Å². The summed E-state index contributed by atoms with van der Waals surface area (Å²) < 4.78 is 0.311. The summed E-state index contributed by atoms with van der Waals surface area (Å²) in [4.78, 5) is 18.2. The number of thiazole rings is 1. The van der Waals surface area contributed by atoms with Gasteiger partial charge >= 0.3 is 0 Å². The van der Waals surface area contributed by atoms with Crippen LogP contribution >= 0.6 is 34.4 Å². The molecule has 2 heterocycles. The molecule has 0 unspecified atom stereocenters. The van der Waals surface area contributed by atoms with Crippen LogP contribution in [0.2, 0.25) is 0 Å². The number of benzene rings is 2. The summed E-state index contributed by atoms with van der Waals surface area (Å²) in [7, 11) is 0. The van der Waals surface area contributed by atoms with Crippen molar-refractivity contribution >= 4 is 55.7 Å². The number of rotatable bonds is 5. The molecule has 144 valence electrons. The minimum atomic E-state index is -0.745. The second kappa shape index (κ2) is 7.91. The van der Waals surface area contributed by atoms with E-state index in [1.54, 1.807) is 29.0 Å². The number of hydrogen-bond acceptors (Lipinski definition) is 8. The number of nitriles is 1. The normalized spacial score (nSPS) is 11.3. The van der Waals surface area contributed by atoms with E-state index in [4.69, 9.17) is 5.26 Å². The lowest BCUT2D eigenvalue weighted by molar-refractivity contribution is -0.117. The van der Waals surface area contributed by atoms with Gasteiger partial charge in [0, 0.05) is 10.5 Å². The Labute approximate surface area is 179 Å². The van der Waals surface area contributed by atoms with E-state index in [-0.39, 0.29) is 5.91 Å². The first-order chi connectivity index (χ1) is 14.0. The zero-order valence-electron chi connectivity index (χ0n) is 15.5. The fourth-order valence-corrected chi connectivity index (χ4v) is 5.29. The third-order valence-corrected chi connectivity index (χ3v) is 6.98. The lowest BCUT2D eigenvalue weighted by Gasteiger charge is -2.24. The molecule has 0 radical (unpaired) electrons. The van der Waals surface area contributed by atoms with Crippen LogP contribution in [0.3, 0.4) is 0 Å². The van der Waals surface area contributed by atoms with Gasteiger partial charge in [-0.2, -0.15) is 5.26 Å². The molecule has 0 saturated heterocycles. The number of carbonyl (C=O) groups excluding carboxylic acids is 1. The lowest BCUT2D eigenvalue weighted by Crippen LogP contribution is -2.34. The maximum Gasteiger partial charge on any atom is 0.242 e. The number of nitrogens with zero attached hydrogens (tertiary/aromatic N) is 4. The Bertz CT molecular complexity index is 1210. The molecular formula is C20H15N5OS3. The van der Waals surface area contributed by atoms with Gasteiger partial charge in [-0.05, 0) is 43.7 Å². The maximum atomic E-state index is 12.8. The van der Waals surface area contributed by atoms with Gasteiger partial charge in [0.1, 0.15) is 5.51 Å². The van der Waals surface area contributed by atoms with Gasteiger partial charge in [-0.15, -0.1) is 33.3 Å². The standard InChI is InChI=1S/C20H15N5OS3/c1-20(2,18(26)24-19-25-23-11-28-19)29-15-8-7-14-17(27-10-22-14)16(15)13-5-3-12(9-21)4-6-13/h3-8,10-11H,1-2H3,(H,24,25,26). The quantitative estimate of drug-likeness (QED) is 0.432. The molecule has 0 bridgehead atoms. The van der Waals surface area contributed by atoms with Gasteiger partial charge in [0.05, 0.1) is 32.1 Å². The first-order valence-electron chi connectivity index (χ1n) is 8.61. The van der Waals surface area contributed by atoms with Crippen molar-refractivity contribution in [2.45, 2.75) is 23.5 Å². The Morgan fingerprint density at radius 2 is 1.93 bits per heavy atom. The van der Waals surface area contributed by atoms with E-state index >= 15 is 0 Å².